The Balaban J connectivity index is 0.000000175. The molecular formula is C33H40N6O5. The number of allylic oxidation sites excluding steroid dienone is 1. The summed E-state index contributed by atoms with van der Waals surface area (Å²) in [5.74, 6) is -0.980. The number of rotatable bonds is 6. The largest absolute Gasteiger partial charge is 0.383 e. The second-order valence-electron chi connectivity index (χ2n) is 12.2. The van der Waals surface area contributed by atoms with Gasteiger partial charge in [-0.1, -0.05) is 18.7 Å². The lowest BCUT2D eigenvalue weighted by molar-refractivity contribution is -0.137. The van der Waals surface area contributed by atoms with Gasteiger partial charge >= 0.3 is 0 Å². The average Bonchev–Trinajstić information content (AvgIpc) is 3.47. The Kier molecular flexibility index (Phi) is 8.75. The maximum absolute atomic E-state index is 12.7. The summed E-state index contributed by atoms with van der Waals surface area (Å²) in [6.07, 6.45) is 2.01. The van der Waals surface area contributed by atoms with Gasteiger partial charge in [-0.05, 0) is 71.2 Å². The van der Waals surface area contributed by atoms with Crippen LogP contribution in [0.3, 0.4) is 0 Å². The minimum Gasteiger partial charge on any atom is -0.383 e. The van der Waals surface area contributed by atoms with Crippen LogP contribution in [0.1, 0.15) is 85.2 Å². The fraction of sp³-hybridized carbons (Fsp3) is 0.424. The van der Waals surface area contributed by atoms with E-state index in [-0.39, 0.29) is 48.0 Å². The van der Waals surface area contributed by atoms with E-state index in [0.717, 1.165) is 28.2 Å². The number of benzene rings is 2. The van der Waals surface area contributed by atoms with Gasteiger partial charge in [-0.3, -0.25) is 29.3 Å². The zero-order valence-corrected chi connectivity index (χ0v) is 25.7. The molecule has 0 radical (unpaired) electrons. The quantitative estimate of drug-likeness (QED) is 0.372. The van der Waals surface area contributed by atoms with Crippen molar-refractivity contribution in [3.8, 4) is 0 Å². The summed E-state index contributed by atoms with van der Waals surface area (Å²) in [5.41, 5.74) is 5.87. The lowest BCUT2D eigenvalue weighted by Crippen LogP contribution is -2.52. The summed E-state index contributed by atoms with van der Waals surface area (Å²) in [7, 11) is 0. The van der Waals surface area contributed by atoms with Crippen molar-refractivity contribution in [1.82, 2.24) is 20.4 Å². The summed E-state index contributed by atoms with van der Waals surface area (Å²) in [6.45, 7) is 12.9. The number of nitrogens with one attached hydrogen (secondary N) is 4. The molecule has 2 saturated heterocycles. The maximum atomic E-state index is 12.7. The number of carbonyl (C=O) groups is 5. The van der Waals surface area contributed by atoms with Crippen molar-refractivity contribution >= 4 is 40.9 Å². The molecule has 232 valence electrons. The molecule has 0 spiro atoms. The van der Waals surface area contributed by atoms with E-state index in [1.807, 2.05) is 44.2 Å². The van der Waals surface area contributed by atoms with E-state index in [9.17, 15) is 24.0 Å². The van der Waals surface area contributed by atoms with Crippen LogP contribution in [0.15, 0.2) is 48.7 Å². The molecule has 0 aliphatic carbocycles. The zero-order chi connectivity index (χ0) is 31.7. The highest BCUT2D eigenvalue weighted by Crippen LogP contribution is 2.34. The Labute approximate surface area is 257 Å². The summed E-state index contributed by atoms with van der Waals surface area (Å²) in [6, 6.07) is 10.9. The molecule has 2 fully saturated rings. The van der Waals surface area contributed by atoms with Gasteiger partial charge in [-0.25, -0.2) is 0 Å². The van der Waals surface area contributed by atoms with Crippen LogP contribution in [-0.4, -0.2) is 63.5 Å². The van der Waals surface area contributed by atoms with E-state index in [0.29, 0.717) is 43.5 Å². The van der Waals surface area contributed by atoms with Crippen molar-refractivity contribution in [2.45, 2.75) is 90.6 Å². The first kappa shape index (κ1) is 30.8. The molecule has 11 nitrogen and oxygen atoms in total. The number of hydrogen-bond acceptors (Lipinski definition) is 7. The van der Waals surface area contributed by atoms with Crippen LogP contribution >= 0.6 is 0 Å². The highest BCUT2D eigenvalue weighted by Gasteiger charge is 2.40. The van der Waals surface area contributed by atoms with E-state index in [4.69, 9.17) is 0 Å². The van der Waals surface area contributed by atoms with Crippen molar-refractivity contribution in [2.24, 2.45) is 0 Å². The van der Waals surface area contributed by atoms with Crippen molar-refractivity contribution in [1.29, 1.82) is 0 Å². The molecule has 11 heteroatoms. The lowest BCUT2D eigenvalue weighted by Gasteiger charge is -2.31. The third-order valence-electron chi connectivity index (χ3n) is 8.16. The second-order valence-corrected chi connectivity index (χ2v) is 12.2. The molecule has 6 rings (SSSR count). The number of hydrogen-bond donors (Lipinski definition) is 4. The van der Waals surface area contributed by atoms with Gasteiger partial charge < -0.3 is 25.8 Å². The normalized spacial score (nSPS) is 21.1. The van der Waals surface area contributed by atoms with Crippen LogP contribution in [-0.2, 0) is 27.5 Å². The van der Waals surface area contributed by atoms with Gasteiger partial charge in [0.15, 0.2) is 0 Å². The number of carbonyl (C=O) groups excluding carboxylic acids is 5. The number of anilines is 2. The van der Waals surface area contributed by atoms with Crippen LogP contribution < -0.4 is 21.3 Å². The molecule has 4 N–H and O–H groups in total. The van der Waals surface area contributed by atoms with Crippen LogP contribution in [0.2, 0.25) is 0 Å². The smallest absolute Gasteiger partial charge is 0.255 e. The number of imide groups is 1. The first-order chi connectivity index (χ1) is 20.9. The highest BCUT2D eigenvalue weighted by molar-refractivity contribution is 6.06. The van der Waals surface area contributed by atoms with Crippen LogP contribution in [0.5, 0.6) is 0 Å². The van der Waals surface area contributed by atoms with Gasteiger partial charge in [-0.2, -0.15) is 0 Å². The summed E-state index contributed by atoms with van der Waals surface area (Å²) in [4.78, 5) is 63.9. The molecule has 0 aromatic heterocycles. The predicted molar refractivity (Wildman–Crippen MR) is 167 cm³/mol. The summed E-state index contributed by atoms with van der Waals surface area (Å²) < 4.78 is 0. The summed E-state index contributed by atoms with van der Waals surface area (Å²) >= 11 is 0. The fourth-order valence-corrected chi connectivity index (χ4v) is 6.14. The van der Waals surface area contributed by atoms with Crippen molar-refractivity contribution in [3.05, 3.63) is 70.9 Å². The van der Waals surface area contributed by atoms with E-state index in [1.54, 1.807) is 15.9 Å². The van der Waals surface area contributed by atoms with Crippen molar-refractivity contribution in [2.75, 3.05) is 10.6 Å². The second kappa shape index (κ2) is 12.5. The van der Waals surface area contributed by atoms with Crippen molar-refractivity contribution in [3.63, 3.8) is 0 Å². The van der Waals surface area contributed by atoms with Gasteiger partial charge in [-0.15, -0.1) is 0 Å². The number of fused-ring (bicyclic) bond motifs is 2. The molecule has 0 bridgehead atoms. The number of amides is 5. The molecule has 4 aliphatic rings. The van der Waals surface area contributed by atoms with E-state index < -0.39 is 12.1 Å². The van der Waals surface area contributed by atoms with E-state index in [2.05, 4.69) is 41.7 Å². The fourth-order valence-electron chi connectivity index (χ4n) is 6.14. The molecule has 2 aromatic carbocycles. The standard InChI is InChI=1S/C17H21N3O2.C16H19N3O3/c1-10(2)18-14-6-4-5-12-13(14)9-20(17(12)22)15-8-7-11(3)19-16(15)21;1-9(2)17-12-5-3-4-10-11(12)8-19(16(10)22)13-6-7-14(20)18-15(13)21/h4-6,10,15,18H,3,7-9H2,1-2H3,(H,19,21);3-5,9,13,17H,6-8H2,1-2H3,(H,18,20,21)/t15-;13-/m10/s1. The Morgan fingerprint density at radius 2 is 1.16 bits per heavy atom. The number of piperidine rings is 2. The first-order valence-electron chi connectivity index (χ1n) is 15.2. The average molecular weight is 601 g/mol. The Morgan fingerprint density at radius 1 is 0.705 bits per heavy atom. The minimum absolute atomic E-state index is 0.0601. The van der Waals surface area contributed by atoms with Crippen LogP contribution in [0.25, 0.3) is 0 Å². The van der Waals surface area contributed by atoms with E-state index in [1.165, 1.54) is 0 Å². The molecule has 5 amide bonds. The number of nitrogens with zero attached hydrogens (tertiary/aromatic N) is 2. The molecule has 2 aromatic rings. The predicted octanol–water partition coefficient (Wildman–Crippen LogP) is 3.52. The molecule has 4 heterocycles. The summed E-state index contributed by atoms with van der Waals surface area (Å²) in [5, 5.41) is 11.8. The van der Waals surface area contributed by atoms with Gasteiger partial charge in [0.2, 0.25) is 17.7 Å². The van der Waals surface area contributed by atoms with Crippen molar-refractivity contribution < 1.29 is 24.0 Å². The SMILES string of the molecule is C=C1CC[C@@H](N2Cc3c(NC(C)C)cccc3C2=O)C(=O)N1.CC(C)Nc1cccc2c1CN([C@H]1CCC(=O)NC1=O)C2=O. The first-order valence-corrected chi connectivity index (χ1v) is 15.2. The van der Waals surface area contributed by atoms with Crippen LogP contribution in [0, 0.1) is 0 Å². The molecule has 0 saturated carbocycles. The van der Waals surface area contributed by atoms with Gasteiger partial charge in [0, 0.05) is 70.9 Å². The maximum Gasteiger partial charge on any atom is 0.255 e. The molecule has 4 aliphatic heterocycles. The Bertz CT molecular complexity index is 1420. The Morgan fingerprint density at radius 3 is 1.59 bits per heavy atom. The highest BCUT2D eigenvalue weighted by atomic mass is 16.2. The Hall–Kier alpha value is -4.67. The molecular weight excluding hydrogens is 560 g/mol. The van der Waals surface area contributed by atoms with Crippen LogP contribution in [0.4, 0.5) is 11.4 Å². The van der Waals surface area contributed by atoms with E-state index >= 15 is 0 Å². The lowest BCUT2D eigenvalue weighted by atomic mass is 10.0. The molecule has 44 heavy (non-hydrogen) atoms. The van der Waals surface area contributed by atoms with Gasteiger partial charge in [0.25, 0.3) is 11.8 Å². The monoisotopic (exact) mass is 600 g/mol. The molecule has 2 atom stereocenters. The zero-order valence-electron chi connectivity index (χ0n) is 25.7. The third-order valence-corrected chi connectivity index (χ3v) is 8.16. The minimum atomic E-state index is -0.565. The molecule has 0 unspecified atom stereocenters. The van der Waals surface area contributed by atoms with Gasteiger partial charge in [0.05, 0.1) is 0 Å². The topological polar surface area (TPSA) is 140 Å². The third kappa shape index (κ3) is 6.17. The van der Waals surface area contributed by atoms with Gasteiger partial charge in [0.1, 0.15) is 12.1 Å².